The van der Waals surface area contributed by atoms with Gasteiger partial charge in [0.25, 0.3) is 0 Å². The summed E-state index contributed by atoms with van der Waals surface area (Å²) in [6.45, 7) is 1.28. The Labute approximate surface area is 168 Å². The largest absolute Gasteiger partial charge is 0.481 e. The van der Waals surface area contributed by atoms with Crippen LogP contribution in [0.25, 0.3) is 0 Å². The molecule has 0 heterocycles. The van der Waals surface area contributed by atoms with E-state index in [0.717, 1.165) is 5.56 Å². The van der Waals surface area contributed by atoms with Gasteiger partial charge in [-0.05, 0) is 12.0 Å². The minimum Gasteiger partial charge on any atom is -0.481 e. The molecule has 1 rings (SSSR count). The van der Waals surface area contributed by atoms with Gasteiger partial charge in [0.2, 0.25) is 23.6 Å². The number of carbonyl (C=O) groups is 5. The lowest BCUT2D eigenvalue weighted by atomic mass is 10.1. The zero-order chi connectivity index (χ0) is 21.8. The van der Waals surface area contributed by atoms with Crippen LogP contribution >= 0.6 is 0 Å². The van der Waals surface area contributed by atoms with E-state index in [1.807, 2.05) is 30.3 Å². The van der Waals surface area contributed by atoms with Crippen LogP contribution in [0.15, 0.2) is 30.3 Å². The summed E-state index contributed by atoms with van der Waals surface area (Å²) < 4.78 is 0. The maximum atomic E-state index is 12.4. The summed E-state index contributed by atoms with van der Waals surface area (Å²) in [4.78, 5) is 57.6. The number of carbonyl (C=O) groups excluding carboxylic acids is 4. The molecule has 1 aromatic rings. The summed E-state index contributed by atoms with van der Waals surface area (Å²) in [6, 6.07) is 7.24. The fourth-order valence-electron chi connectivity index (χ4n) is 2.55. The molecule has 10 nitrogen and oxygen atoms in total. The molecule has 0 aromatic heterocycles. The van der Waals surface area contributed by atoms with Gasteiger partial charge in [-0.3, -0.25) is 24.0 Å². The predicted octanol–water partition coefficient (Wildman–Crippen LogP) is -0.925. The lowest BCUT2D eigenvalue weighted by Crippen LogP contribution is -2.49. The maximum Gasteiger partial charge on any atom is 0.303 e. The van der Waals surface area contributed by atoms with E-state index in [0.29, 0.717) is 0 Å². The minimum atomic E-state index is -1.11. The molecule has 10 heteroatoms. The quantitative estimate of drug-likeness (QED) is 0.301. The lowest BCUT2D eigenvalue weighted by molar-refractivity contribution is -0.138. The fraction of sp³-hybridized carbons (Fsp3) is 0.421. The summed E-state index contributed by atoms with van der Waals surface area (Å²) >= 11 is 0. The van der Waals surface area contributed by atoms with Crippen molar-refractivity contribution in [2.24, 2.45) is 5.73 Å². The predicted molar refractivity (Wildman–Crippen MR) is 103 cm³/mol. The molecule has 29 heavy (non-hydrogen) atoms. The third-order valence-corrected chi connectivity index (χ3v) is 3.95. The van der Waals surface area contributed by atoms with Crippen LogP contribution in [-0.2, 0) is 30.4 Å². The van der Waals surface area contributed by atoms with Gasteiger partial charge in [-0.15, -0.1) is 0 Å². The van der Waals surface area contributed by atoms with Crippen LogP contribution in [0, 0.1) is 0 Å². The molecule has 6 N–H and O–H groups in total. The zero-order valence-electron chi connectivity index (χ0n) is 16.1. The second-order valence-corrected chi connectivity index (χ2v) is 6.44. The summed E-state index contributed by atoms with van der Waals surface area (Å²) in [5.41, 5.74) is 6.01. The van der Waals surface area contributed by atoms with Crippen molar-refractivity contribution in [3.05, 3.63) is 35.9 Å². The molecule has 0 saturated heterocycles. The first kappa shape index (κ1) is 23.6. The molecule has 0 aliphatic carbocycles. The van der Waals surface area contributed by atoms with Crippen LogP contribution in [0.2, 0.25) is 0 Å². The Morgan fingerprint density at radius 1 is 1.00 bits per heavy atom. The van der Waals surface area contributed by atoms with Crippen LogP contribution in [0.5, 0.6) is 0 Å². The number of hydrogen-bond acceptors (Lipinski definition) is 5. The van der Waals surface area contributed by atoms with Gasteiger partial charge in [0.05, 0.1) is 0 Å². The van der Waals surface area contributed by atoms with E-state index in [1.54, 1.807) is 0 Å². The Bertz CT molecular complexity index is 737. The smallest absolute Gasteiger partial charge is 0.303 e. The number of carboxylic acid groups (broad SMARTS) is 1. The van der Waals surface area contributed by atoms with E-state index < -0.39 is 35.8 Å². The van der Waals surface area contributed by atoms with E-state index in [-0.39, 0.29) is 38.1 Å². The van der Waals surface area contributed by atoms with Gasteiger partial charge >= 0.3 is 5.97 Å². The molecule has 158 valence electrons. The lowest BCUT2D eigenvalue weighted by Gasteiger charge is -2.18. The van der Waals surface area contributed by atoms with Crippen molar-refractivity contribution in [2.75, 3.05) is 6.54 Å². The van der Waals surface area contributed by atoms with Crippen LogP contribution in [0.1, 0.15) is 31.7 Å². The van der Waals surface area contributed by atoms with Gasteiger partial charge in [0.15, 0.2) is 0 Å². The fourth-order valence-corrected chi connectivity index (χ4v) is 2.55. The minimum absolute atomic E-state index is 0.0278. The van der Waals surface area contributed by atoms with E-state index in [4.69, 9.17) is 10.8 Å². The van der Waals surface area contributed by atoms with Gasteiger partial charge in [-0.2, -0.15) is 0 Å². The van der Waals surface area contributed by atoms with Gasteiger partial charge < -0.3 is 26.8 Å². The standard InChI is InChI=1S/C19H26N4O6/c1-12(24)22-15(11-13-5-3-2-4-6-13)19(29)21-10-9-16(25)23-14(18(20)28)7-8-17(26)27/h2-6,14-15H,7-11H2,1H3,(H2,20,28)(H,21,29)(H,22,24)(H,23,25)(H,26,27)/t14-,15-/m0/s1. The molecule has 4 amide bonds. The second kappa shape index (κ2) is 12.1. The number of hydrogen-bond donors (Lipinski definition) is 5. The van der Waals surface area contributed by atoms with Gasteiger partial charge in [-0.25, -0.2) is 0 Å². The van der Waals surface area contributed by atoms with Crippen LogP contribution in [-0.4, -0.2) is 53.3 Å². The number of amides is 4. The van der Waals surface area contributed by atoms with Crippen LogP contribution in [0.3, 0.4) is 0 Å². The summed E-state index contributed by atoms with van der Waals surface area (Å²) in [5.74, 6) is -3.31. The number of nitrogens with two attached hydrogens (primary N) is 1. The molecule has 0 spiro atoms. The van der Waals surface area contributed by atoms with Gasteiger partial charge in [-0.1, -0.05) is 30.3 Å². The van der Waals surface area contributed by atoms with Gasteiger partial charge in [0, 0.05) is 32.7 Å². The van der Waals surface area contributed by atoms with Crippen molar-refractivity contribution >= 4 is 29.6 Å². The highest BCUT2D eigenvalue weighted by Crippen LogP contribution is 2.04. The summed E-state index contributed by atoms with van der Waals surface area (Å²) in [6.07, 6.45) is -0.287. The highest BCUT2D eigenvalue weighted by atomic mass is 16.4. The molecule has 0 aliphatic heterocycles. The SMILES string of the molecule is CC(=O)N[C@@H](Cc1ccccc1)C(=O)NCCC(=O)N[C@@H](CCC(=O)O)C(N)=O. The summed E-state index contributed by atoms with van der Waals surface area (Å²) in [5, 5.41) is 16.1. The van der Waals surface area contributed by atoms with E-state index in [9.17, 15) is 24.0 Å². The topological polar surface area (TPSA) is 168 Å². The van der Waals surface area contributed by atoms with Crippen molar-refractivity contribution in [1.82, 2.24) is 16.0 Å². The van der Waals surface area contributed by atoms with Crippen LogP contribution in [0.4, 0.5) is 0 Å². The number of rotatable bonds is 12. The number of nitrogens with one attached hydrogen (secondary N) is 3. The average Bonchev–Trinajstić information content (AvgIpc) is 2.64. The Balaban J connectivity index is 2.52. The average molecular weight is 406 g/mol. The van der Waals surface area contributed by atoms with E-state index in [1.165, 1.54) is 6.92 Å². The molecule has 0 radical (unpaired) electrons. The first-order valence-corrected chi connectivity index (χ1v) is 9.08. The third kappa shape index (κ3) is 9.89. The Kier molecular flexibility index (Phi) is 9.86. The third-order valence-electron chi connectivity index (χ3n) is 3.95. The van der Waals surface area contributed by atoms with Crippen molar-refractivity contribution in [2.45, 2.75) is 44.7 Å². The maximum absolute atomic E-state index is 12.4. The first-order valence-electron chi connectivity index (χ1n) is 9.08. The molecule has 1 aromatic carbocycles. The van der Waals surface area contributed by atoms with E-state index in [2.05, 4.69) is 16.0 Å². The normalized spacial score (nSPS) is 12.3. The number of primary amides is 1. The highest BCUT2D eigenvalue weighted by molar-refractivity contribution is 5.88. The van der Waals surface area contributed by atoms with Crippen molar-refractivity contribution < 1.29 is 29.1 Å². The highest BCUT2D eigenvalue weighted by Gasteiger charge is 2.21. The Morgan fingerprint density at radius 2 is 1.66 bits per heavy atom. The molecule has 0 bridgehead atoms. The number of aliphatic carboxylic acids is 1. The molecule has 0 unspecified atom stereocenters. The number of carboxylic acids is 1. The number of benzene rings is 1. The molecule has 2 atom stereocenters. The van der Waals surface area contributed by atoms with Crippen molar-refractivity contribution in [1.29, 1.82) is 0 Å². The van der Waals surface area contributed by atoms with Crippen LogP contribution < -0.4 is 21.7 Å². The molecule has 0 aliphatic rings. The monoisotopic (exact) mass is 406 g/mol. The Morgan fingerprint density at radius 3 is 2.21 bits per heavy atom. The Hall–Kier alpha value is -3.43. The van der Waals surface area contributed by atoms with E-state index >= 15 is 0 Å². The van der Waals surface area contributed by atoms with Gasteiger partial charge in [0.1, 0.15) is 12.1 Å². The van der Waals surface area contributed by atoms with Crippen molar-refractivity contribution in [3.8, 4) is 0 Å². The molecule has 0 saturated carbocycles. The molecule has 0 fully saturated rings. The van der Waals surface area contributed by atoms with Crippen molar-refractivity contribution in [3.63, 3.8) is 0 Å². The second-order valence-electron chi connectivity index (χ2n) is 6.44. The molecular formula is C19H26N4O6. The zero-order valence-corrected chi connectivity index (χ0v) is 16.1. The first-order chi connectivity index (χ1) is 13.7. The molecular weight excluding hydrogens is 380 g/mol. The summed E-state index contributed by atoms with van der Waals surface area (Å²) in [7, 11) is 0.